The second-order valence-corrected chi connectivity index (χ2v) is 11.8. The molecule has 4 heterocycles. The Hall–Kier alpha value is -3.86. The Morgan fingerprint density at radius 2 is 1.72 bits per heavy atom. The zero-order valence-corrected chi connectivity index (χ0v) is 28.8. The molecule has 12 heteroatoms. The molecule has 0 spiro atoms. The minimum atomic E-state index is -1.15. The summed E-state index contributed by atoms with van der Waals surface area (Å²) in [4.78, 5) is 46.8. The fraction of sp³-hybridized carbons (Fsp3) is 0.412. The number of amides is 2. The van der Waals surface area contributed by atoms with Crippen LogP contribution in [-0.2, 0) is 16.1 Å². The van der Waals surface area contributed by atoms with Gasteiger partial charge in [-0.05, 0) is 89.9 Å². The minimum Gasteiger partial charge on any atom is -0.493 e. The smallest absolute Gasteiger partial charge is 0.261 e. The number of pyridine rings is 2. The Balaban J connectivity index is 0.00000288. The van der Waals surface area contributed by atoms with E-state index in [0.29, 0.717) is 60.8 Å². The number of halogens is 2. The van der Waals surface area contributed by atoms with Crippen molar-refractivity contribution in [1.29, 1.82) is 0 Å². The molecule has 1 unspecified atom stereocenters. The topological polar surface area (TPSA) is 110 Å². The lowest BCUT2D eigenvalue weighted by atomic mass is 9.90. The maximum Gasteiger partial charge on any atom is 0.261 e. The largest absolute Gasteiger partial charge is 0.493 e. The van der Waals surface area contributed by atoms with Crippen LogP contribution in [0, 0.1) is 19.3 Å². The molecule has 4 aromatic rings. The standard InChI is InChI=1S/C34H41N5O5.2ClH/c1-7-39-27-10-9-25(21-28(27)37(6)32(41)34(4,5)33(39)42)43-20-8-15-36-26(24-11-16-35-17-12-24)13-18-38-19-14-29-30(31(38)40)22(2)23(3)44-29;;/h9-12,14,16-17,19,21,26,36H,7-8,13,15,18,20H2,1-6H3;2*1H. The van der Waals surface area contributed by atoms with E-state index >= 15 is 0 Å². The van der Waals surface area contributed by atoms with Crippen molar-refractivity contribution in [2.45, 2.75) is 60.0 Å². The molecule has 2 amide bonds. The van der Waals surface area contributed by atoms with Crippen molar-refractivity contribution in [2.24, 2.45) is 5.41 Å². The number of carbonyl (C=O) groups excluding carboxylic acids is 2. The highest BCUT2D eigenvalue weighted by Gasteiger charge is 2.45. The summed E-state index contributed by atoms with van der Waals surface area (Å²) in [6.45, 7) is 11.2. The van der Waals surface area contributed by atoms with Crippen LogP contribution in [0.3, 0.4) is 0 Å². The van der Waals surface area contributed by atoms with Crippen LogP contribution in [0.4, 0.5) is 11.4 Å². The molecule has 3 aromatic heterocycles. The van der Waals surface area contributed by atoms with Crippen LogP contribution in [0.5, 0.6) is 5.75 Å². The van der Waals surface area contributed by atoms with Crippen molar-refractivity contribution in [3.05, 3.63) is 82.2 Å². The molecule has 1 aromatic carbocycles. The molecule has 1 atom stereocenters. The van der Waals surface area contributed by atoms with Gasteiger partial charge in [-0.25, -0.2) is 0 Å². The van der Waals surface area contributed by atoms with Gasteiger partial charge in [0.25, 0.3) is 5.56 Å². The van der Waals surface area contributed by atoms with Crippen LogP contribution in [-0.4, -0.2) is 48.1 Å². The van der Waals surface area contributed by atoms with Crippen LogP contribution in [0.25, 0.3) is 11.0 Å². The highest BCUT2D eigenvalue weighted by molar-refractivity contribution is 6.20. The summed E-state index contributed by atoms with van der Waals surface area (Å²) in [5.74, 6) is 0.940. The van der Waals surface area contributed by atoms with Crippen LogP contribution in [0.15, 0.2) is 64.2 Å². The lowest BCUT2D eigenvalue weighted by Gasteiger charge is -2.27. The SMILES string of the molecule is CCN1C(=O)C(C)(C)C(=O)N(C)c2cc(OCCCNC(CCn3ccc4oc(C)c(C)c4c3=O)c3ccncc3)ccc21.Cl.Cl. The lowest BCUT2D eigenvalue weighted by Crippen LogP contribution is -2.47. The second-order valence-electron chi connectivity index (χ2n) is 11.8. The molecule has 1 aliphatic rings. The van der Waals surface area contributed by atoms with Gasteiger partial charge in [0.1, 0.15) is 22.5 Å². The lowest BCUT2D eigenvalue weighted by molar-refractivity contribution is -0.137. The van der Waals surface area contributed by atoms with Gasteiger partial charge in [-0.2, -0.15) is 0 Å². The Morgan fingerprint density at radius 3 is 2.41 bits per heavy atom. The van der Waals surface area contributed by atoms with Gasteiger partial charge in [0.2, 0.25) is 11.8 Å². The quantitative estimate of drug-likeness (QED) is 0.154. The van der Waals surface area contributed by atoms with Crippen molar-refractivity contribution in [3.63, 3.8) is 0 Å². The number of aryl methyl sites for hydroxylation is 3. The third kappa shape index (κ3) is 7.09. The van der Waals surface area contributed by atoms with Gasteiger partial charge in [-0.1, -0.05) is 0 Å². The Labute approximate surface area is 281 Å². The molecule has 0 saturated carbocycles. The van der Waals surface area contributed by atoms with Crippen molar-refractivity contribution in [1.82, 2.24) is 14.9 Å². The minimum absolute atomic E-state index is 0. The van der Waals surface area contributed by atoms with Gasteiger partial charge < -0.3 is 28.8 Å². The van der Waals surface area contributed by atoms with E-state index in [0.717, 1.165) is 23.3 Å². The molecule has 46 heavy (non-hydrogen) atoms. The number of hydrogen-bond acceptors (Lipinski definition) is 7. The average Bonchev–Trinajstić information content (AvgIpc) is 3.30. The van der Waals surface area contributed by atoms with Gasteiger partial charge in [0.15, 0.2) is 0 Å². The average molecular weight is 673 g/mol. The first-order chi connectivity index (χ1) is 21.0. The molecule has 0 aliphatic carbocycles. The molecule has 10 nitrogen and oxygen atoms in total. The molecule has 0 fully saturated rings. The number of rotatable bonds is 11. The van der Waals surface area contributed by atoms with E-state index in [1.807, 2.05) is 57.2 Å². The highest BCUT2D eigenvalue weighted by atomic mass is 35.5. The number of fused-ring (bicyclic) bond motifs is 2. The van der Waals surface area contributed by atoms with Gasteiger partial charge in [-0.3, -0.25) is 19.4 Å². The van der Waals surface area contributed by atoms with Gasteiger partial charge >= 0.3 is 0 Å². The summed E-state index contributed by atoms with van der Waals surface area (Å²) in [7, 11) is 1.70. The van der Waals surface area contributed by atoms with Crippen LogP contribution in [0.1, 0.15) is 56.5 Å². The van der Waals surface area contributed by atoms with E-state index in [-0.39, 0.29) is 48.2 Å². The Morgan fingerprint density at radius 1 is 1.00 bits per heavy atom. The van der Waals surface area contributed by atoms with Crippen molar-refractivity contribution in [3.8, 4) is 5.75 Å². The number of ether oxygens (including phenoxy) is 1. The third-order valence-corrected chi connectivity index (χ3v) is 8.58. The number of nitrogens with zero attached hydrogens (tertiary/aromatic N) is 4. The van der Waals surface area contributed by atoms with E-state index in [1.54, 1.807) is 53.9 Å². The number of furan rings is 1. The number of anilines is 2. The molecular weight excluding hydrogens is 629 g/mol. The third-order valence-electron chi connectivity index (χ3n) is 8.58. The molecule has 248 valence electrons. The van der Waals surface area contributed by atoms with E-state index in [2.05, 4.69) is 10.3 Å². The molecule has 0 saturated heterocycles. The number of aromatic nitrogens is 2. The van der Waals surface area contributed by atoms with Crippen LogP contribution in [0.2, 0.25) is 0 Å². The maximum atomic E-state index is 13.2. The van der Waals surface area contributed by atoms with E-state index < -0.39 is 5.41 Å². The zero-order valence-electron chi connectivity index (χ0n) is 27.2. The summed E-state index contributed by atoms with van der Waals surface area (Å²) in [6, 6.07) is 11.4. The maximum absolute atomic E-state index is 13.2. The summed E-state index contributed by atoms with van der Waals surface area (Å²) in [6.07, 6.45) is 6.79. The van der Waals surface area contributed by atoms with Gasteiger partial charge in [0.05, 0.1) is 23.4 Å². The fourth-order valence-electron chi connectivity index (χ4n) is 5.84. The summed E-state index contributed by atoms with van der Waals surface area (Å²) in [5, 5.41) is 4.26. The first kappa shape index (κ1) is 36.6. The van der Waals surface area contributed by atoms with E-state index in [1.165, 1.54) is 0 Å². The van der Waals surface area contributed by atoms with Gasteiger partial charge in [0, 0.05) is 56.4 Å². The van der Waals surface area contributed by atoms with Crippen molar-refractivity contribution in [2.75, 3.05) is 36.5 Å². The highest BCUT2D eigenvalue weighted by Crippen LogP contribution is 2.40. The molecule has 1 aliphatic heterocycles. The molecule has 0 bridgehead atoms. The number of hydrogen-bond donors (Lipinski definition) is 1. The monoisotopic (exact) mass is 671 g/mol. The Kier molecular flexibility index (Phi) is 12.1. The van der Waals surface area contributed by atoms with Crippen LogP contribution >= 0.6 is 24.8 Å². The number of carbonyl (C=O) groups is 2. The molecule has 0 radical (unpaired) electrons. The molecular formula is C34H43Cl2N5O5. The summed E-state index contributed by atoms with van der Waals surface area (Å²) < 4.78 is 13.6. The summed E-state index contributed by atoms with van der Waals surface area (Å²) >= 11 is 0. The van der Waals surface area contributed by atoms with Crippen molar-refractivity contribution < 1.29 is 18.7 Å². The predicted octanol–water partition coefficient (Wildman–Crippen LogP) is 6.00. The van der Waals surface area contributed by atoms with E-state index in [4.69, 9.17) is 9.15 Å². The van der Waals surface area contributed by atoms with Crippen LogP contribution < -0.4 is 25.4 Å². The molecule has 5 rings (SSSR count). The first-order valence-corrected chi connectivity index (χ1v) is 15.1. The number of nitrogens with one attached hydrogen (secondary N) is 1. The first-order valence-electron chi connectivity index (χ1n) is 15.1. The normalized spacial score (nSPS) is 14.7. The van der Waals surface area contributed by atoms with Gasteiger partial charge in [-0.15, -0.1) is 24.8 Å². The number of benzene rings is 1. The second kappa shape index (κ2) is 15.2. The predicted molar refractivity (Wildman–Crippen MR) is 186 cm³/mol. The van der Waals surface area contributed by atoms with E-state index in [9.17, 15) is 14.4 Å². The fourth-order valence-corrected chi connectivity index (χ4v) is 5.84. The molecule has 1 N–H and O–H groups in total. The zero-order chi connectivity index (χ0) is 31.6. The Bertz CT molecular complexity index is 1740. The summed E-state index contributed by atoms with van der Waals surface area (Å²) in [5.41, 5.74) is 2.76. The van der Waals surface area contributed by atoms with Crippen molar-refractivity contribution >= 4 is 59.0 Å².